The van der Waals surface area contributed by atoms with Gasteiger partial charge in [0.25, 0.3) is 5.91 Å². The third-order valence-electron chi connectivity index (χ3n) is 11.0. The Labute approximate surface area is 320 Å². The topological polar surface area (TPSA) is 100 Å². The molecule has 5 rings (SSSR count). The fourth-order valence-electron chi connectivity index (χ4n) is 6.16. The van der Waals surface area contributed by atoms with Crippen LogP contribution in [0, 0.1) is 16.7 Å². The van der Waals surface area contributed by atoms with E-state index in [0.29, 0.717) is 34.1 Å². The smallest absolute Gasteiger partial charge is 0.255 e. The number of amides is 1. The van der Waals surface area contributed by atoms with E-state index in [1.165, 1.54) is 0 Å². The summed E-state index contributed by atoms with van der Waals surface area (Å²) in [7, 11) is 0. The van der Waals surface area contributed by atoms with Gasteiger partial charge >= 0.3 is 0 Å². The molecule has 0 aromatic heterocycles. The lowest BCUT2D eigenvalue weighted by Gasteiger charge is -2.29. The highest BCUT2D eigenvalue weighted by Crippen LogP contribution is 2.35. The Morgan fingerprint density at radius 3 is 1.33 bits per heavy atom. The van der Waals surface area contributed by atoms with Gasteiger partial charge in [-0.25, -0.2) is 0 Å². The summed E-state index contributed by atoms with van der Waals surface area (Å²) in [5, 5.41) is 16.8. The molecule has 1 unspecified atom stereocenters. The molecule has 7 heteroatoms. The molecule has 7 nitrogen and oxygen atoms in total. The van der Waals surface area contributed by atoms with Crippen LogP contribution in [0.15, 0.2) is 121 Å². The van der Waals surface area contributed by atoms with Crippen molar-refractivity contribution in [3.05, 3.63) is 144 Å². The predicted octanol–water partition coefficient (Wildman–Crippen LogP) is 12.4. The zero-order chi connectivity index (χ0) is 38.9. The van der Waals surface area contributed by atoms with Gasteiger partial charge in [0.15, 0.2) is 5.78 Å². The number of carbonyl (C=O) groups excluding carboxylic acids is 2. The summed E-state index contributed by atoms with van der Waals surface area (Å²) < 4.78 is 12.2. The van der Waals surface area contributed by atoms with E-state index >= 15 is 0 Å². The van der Waals surface area contributed by atoms with Crippen LogP contribution >= 0.6 is 0 Å². The molecule has 0 heterocycles. The molecule has 5 aromatic rings. The molecule has 0 aliphatic rings. The van der Waals surface area contributed by atoms with E-state index in [-0.39, 0.29) is 17.2 Å². The van der Waals surface area contributed by atoms with Crippen LogP contribution in [0.5, 0.6) is 23.0 Å². The molecule has 0 fully saturated rings. The number of ketones is 1. The highest BCUT2D eigenvalue weighted by atomic mass is 16.5. The maximum absolute atomic E-state index is 13.0. The Kier molecular flexibility index (Phi) is 12.3. The van der Waals surface area contributed by atoms with Crippen LogP contribution in [0.1, 0.15) is 106 Å². The molecule has 1 atom stereocenters. The lowest BCUT2D eigenvalue weighted by atomic mass is 9.77. The minimum Gasteiger partial charge on any atom is -0.457 e. The lowest BCUT2D eigenvalue weighted by molar-refractivity contribution is 0.0802. The molecule has 0 saturated carbocycles. The van der Waals surface area contributed by atoms with Crippen molar-refractivity contribution in [1.29, 1.82) is 5.26 Å². The molecule has 0 radical (unpaired) electrons. The minimum absolute atomic E-state index is 0.0553. The van der Waals surface area contributed by atoms with Crippen molar-refractivity contribution in [2.45, 2.75) is 85.1 Å². The first kappa shape index (κ1) is 39.3. The third-order valence-corrected chi connectivity index (χ3v) is 11.0. The SMILES string of the molecule is CCC(C)(CC)Nc1ccc(Oc2ccc(C(C)(C#N)c3ccc(Oc4ccc(NC(=O)c5ccc(C(=O)C(C)(CC)CC)cc5)cc4)cc3)cc2)cc1. The first-order chi connectivity index (χ1) is 25.9. The van der Waals surface area contributed by atoms with Gasteiger partial charge < -0.3 is 20.1 Å². The molecule has 5 aromatic carbocycles. The number of rotatable bonds is 16. The van der Waals surface area contributed by atoms with Crippen molar-refractivity contribution >= 4 is 23.1 Å². The fraction of sp³-hybridized carbons (Fsp3) is 0.298. The van der Waals surface area contributed by atoms with Crippen LogP contribution in [-0.4, -0.2) is 17.2 Å². The summed E-state index contributed by atoms with van der Waals surface area (Å²) in [5.41, 5.74) is 3.20. The van der Waals surface area contributed by atoms with Gasteiger partial charge in [-0.1, -0.05) is 71.0 Å². The number of benzene rings is 5. The minimum atomic E-state index is -0.892. The summed E-state index contributed by atoms with van der Waals surface area (Å²) in [6.07, 6.45) is 3.59. The lowest BCUT2D eigenvalue weighted by Crippen LogP contribution is -2.32. The Bertz CT molecular complexity index is 2060. The number of ether oxygens (including phenoxy) is 2. The van der Waals surface area contributed by atoms with Crippen molar-refractivity contribution in [3.8, 4) is 29.1 Å². The van der Waals surface area contributed by atoms with E-state index < -0.39 is 10.8 Å². The van der Waals surface area contributed by atoms with Crippen LogP contribution in [0.3, 0.4) is 0 Å². The molecule has 0 spiro atoms. The van der Waals surface area contributed by atoms with E-state index in [0.717, 1.165) is 48.2 Å². The zero-order valence-electron chi connectivity index (χ0n) is 32.5. The second-order valence-corrected chi connectivity index (χ2v) is 14.6. The number of nitrogens with zero attached hydrogens (tertiary/aromatic N) is 1. The molecule has 54 heavy (non-hydrogen) atoms. The molecule has 0 aliphatic heterocycles. The van der Waals surface area contributed by atoms with Crippen molar-refractivity contribution < 1.29 is 19.1 Å². The standard InChI is InChI=1S/C47H51N3O4/c1-8-45(5,9-2)43(51)33-12-14-34(15-13-33)44(52)49-37-20-28-41(29-21-37)53-39-24-16-35(17-25-39)47(7,32-48)36-18-26-40(27-19-36)54-42-30-22-38(23-31-42)50-46(6,10-3)11-4/h12-31,50H,8-11H2,1-7H3,(H,49,52). The van der Waals surface area contributed by atoms with Gasteiger partial charge in [0, 0.05) is 33.5 Å². The third kappa shape index (κ3) is 9.01. The van der Waals surface area contributed by atoms with Crippen LogP contribution in [0.25, 0.3) is 0 Å². The maximum Gasteiger partial charge on any atom is 0.255 e. The van der Waals surface area contributed by atoms with Crippen molar-refractivity contribution in [2.24, 2.45) is 5.41 Å². The van der Waals surface area contributed by atoms with Crippen molar-refractivity contribution in [3.63, 3.8) is 0 Å². The number of nitrogens with one attached hydrogen (secondary N) is 2. The molecule has 0 bridgehead atoms. The summed E-state index contributed by atoms with van der Waals surface area (Å²) >= 11 is 0. The van der Waals surface area contributed by atoms with Crippen LogP contribution < -0.4 is 20.1 Å². The Balaban J connectivity index is 1.17. The average molecular weight is 722 g/mol. The number of nitriles is 1. The largest absolute Gasteiger partial charge is 0.457 e. The number of carbonyl (C=O) groups is 2. The van der Waals surface area contributed by atoms with Gasteiger partial charge in [-0.3, -0.25) is 9.59 Å². The van der Waals surface area contributed by atoms with Crippen LogP contribution in [-0.2, 0) is 5.41 Å². The molecular weight excluding hydrogens is 671 g/mol. The molecule has 0 aliphatic carbocycles. The van der Waals surface area contributed by atoms with E-state index in [1.807, 2.05) is 100 Å². The summed E-state index contributed by atoms with van der Waals surface area (Å²) in [5.74, 6) is 2.48. The highest BCUT2D eigenvalue weighted by molar-refractivity contribution is 6.06. The van der Waals surface area contributed by atoms with E-state index in [2.05, 4.69) is 37.5 Å². The predicted molar refractivity (Wildman–Crippen MR) is 218 cm³/mol. The fourth-order valence-corrected chi connectivity index (χ4v) is 6.16. The second-order valence-electron chi connectivity index (χ2n) is 14.6. The molecule has 2 N–H and O–H groups in total. The molecule has 278 valence electrons. The van der Waals surface area contributed by atoms with Gasteiger partial charge in [0.05, 0.1) is 6.07 Å². The quantitative estimate of drug-likeness (QED) is 0.0984. The monoisotopic (exact) mass is 721 g/mol. The number of anilines is 2. The van der Waals surface area contributed by atoms with Crippen LogP contribution in [0.2, 0.25) is 0 Å². The Hall–Kier alpha value is -5.87. The molecule has 1 amide bonds. The number of hydrogen-bond acceptors (Lipinski definition) is 6. The summed E-state index contributed by atoms with van der Waals surface area (Å²) in [6, 6.07) is 39.5. The van der Waals surface area contributed by atoms with Gasteiger partial charge in [-0.05, 0) is 136 Å². The summed E-state index contributed by atoms with van der Waals surface area (Å²) in [4.78, 5) is 25.9. The van der Waals surface area contributed by atoms with E-state index in [4.69, 9.17) is 9.47 Å². The van der Waals surface area contributed by atoms with E-state index in [1.54, 1.807) is 48.5 Å². The van der Waals surface area contributed by atoms with Gasteiger partial charge in [-0.15, -0.1) is 0 Å². The summed E-state index contributed by atoms with van der Waals surface area (Å²) in [6.45, 7) is 14.5. The van der Waals surface area contributed by atoms with E-state index in [9.17, 15) is 14.9 Å². The Morgan fingerprint density at radius 2 is 0.944 bits per heavy atom. The normalized spacial score (nSPS) is 12.6. The van der Waals surface area contributed by atoms with Gasteiger partial charge in [0.2, 0.25) is 0 Å². The number of Topliss-reactive ketones (excluding diaryl/α,β-unsaturated/α-hetero) is 1. The first-order valence-corrected chi connectivity index (χ1v) is 18.8. The first-order valence-electron chi connectivity index (χ1n) is 18.8. The molecular formula is C47H51N3O4. The van der Waals surface area contributed by atoms with Crippen molar-refractivity contribution in [2.75, 3.05) is 10.6 Å². The second kappa shape index (κ2) is 16.9. The Morgan fingerprint density at radius 1 is 0.556 bits per heavy atom. The average Bonchev–Trinajstić information content (AvgIpc) is 3.22. The zero-order valence-corrected chi connectivity index (χ0v) is 32.5. The maximum atomic E-state index is 13.0. The molecule has 0 saturated heterocycles. The van der Waals surface area contributed by atoms with Crippen LogP contribution in [0.4, 0.5) is 11.4 Å². The highest BCUT2D eigenvalue weighted by Gasteiger charge is 2.31. The van der Waals surface area contributed by atoms with Gasteiger partial charge in [0.1, 0.15) is 28.4 Å². The number of hydrogen-bond donors (Lipinski definition) is 2. The van der Waals surface area contributed by atoms with Crippen molar-refractivity contribution in [1.82, 2.24) is 0 Å². The van der Waals surface area contributed by atoms with Gasteiger partial charge in [-0.2, -0.15) is 5.26 Å².